The van der Waals surface area contributed by atoms with Crippen LogP contribution in [0.15, 0.2) is 36.4 Å². The summed E-state index contributed by atoms with van der Waals surface area (Å²) in [5.41, 5.74) is 2.56. The van der Waals surface area contributed by atoms with E-state index in [1.54, 1.807) is 23.1 Å². The molecule has 1 aromatic heterocycles. The SMILES string of the molecule is CCc1ccc2nc(N(CC3CCCO3)C(=O)c3ccc(Cl)cc3Cl)sc2c1. The van der Waals surface area contributed by atoms with E-state index in [9.17, 15) is 4.79 Å². The number of amides is 1. The monoisotopic (exact) mass is 434 g/mol. The molecule has 28 heavy (non-hydrogen) atoms. The van der Waals surface area contributed by atoms with E-state index in [0.29, 0.717) is 27.3 Å². The van der Waals surface area contributed by atoms with Gasteiger partial charge in [-0.25, -0.2) is 4.98 Å². The Morgan fingerprint density at radius 3 is 2.86 bits per heavy atom. The molecule has 0 spiro atoms. The zero-order valence-corrected chi connectivity index (χ0v) is 17.8. The zero-order valence-electron chi connectivity index (χ0n) is 15.5. The summed E-state index contributed by atoms with van der Waals surface area (Å²) in [4.78, 5) is 19.8. The van der Waals surface area contributed by atoms with Crippen LogP contribution in [0.4, 0.5) is 5.13 Å². The lowest BCUT2D eigenvalue weighted by Crippen LogP contribution is -2.37. The molecule has 0 bridgehead atoms. The maximum absolute atomic E-state index is 13.4. The predicted molar refractivity (Wildman–Crippen MR) is 116 cm³/mol. The number of benzene rings is 2. The zero-order chi connectivity index (χ0) is 19.7. The molecule has 1 saturated heterocycles. The number of anilines is 1. The van der Waals surface area contributed by atoms with Crippen molar-refractivity contribution in [3.8, 4) is 0 Å². The number of carbonyl (C=O) groups is 1. The van der Waals surface area contributed by atoms with Gasteiger partial charge in [0.2, 0.25) is 0 Å². The van der Waals surface area contributed by atoms with Crippen LogP contribution in [-0.2, 0) is 11.2 Å². The highest BCUT2D eigenvalue weighted by Gasteiger charge is 2.28. The largest absolute Gasteiger partial charge is 0.376 e. The molecule has 0 radical (unpaired) electrons. The van der Waals surface area contributed by atoms with E-state index in [1.807, 2.05) is 6.07 Å². The predicted octanol–water partition coefficient (Wildman–Crippen LogP) is 5.99. The molecule has 2 heterocycles. The van der Waals surface area contributed by atoms with E-state index in [-0.39, 0.29) is 12.0 Å². The standard InChI is InChI=1S/C21H20Cl2N2O2S/c1-2-13-5-8-18-19(10-13)28-21(24-18)25(12-15-4-3-9-27-15)20(26)16-7-6-14(22)11-17(16)23/h5-8,10-11,15H,2-4,9,12H2,1H3. The van der Waals surface area contributed by atoms with Gasteiger partial charge in [0.05, 0.1) is 33.5 Å². The van der Waals surface area contributed by atoms with Crippen LogP contribution in [0.1, 0.15) is 35.7 Å². The van der Waals surface area contributed by atoms with Gasteiger partial charge in [0.15, 0.2) is 5.13 Å². The van der Waals surface area contributed by atoms with E-state index in [4.69, 9.17) is 32.9 Å². The van der Waals surface area contributed by atoms with Crippen molar-refractivity contribution in [3.05, 3.63) is 57.6 Å². The van der Waals surface area contributed by atoms with Gasteiger partial charge in [0.1, 0.15) is 0 Å². The second-order valence-electron chi connectivity index (χ2n) is 6.83. The molecule has 4 rings (SSSR count). The quantitative estimate of drug-likeness (QED) is 0.494. The van der Waals surface area contributed by atoms with Crippen LogP contribution in [0.3, 0.4) is 0 Å². The lowest BCUT2D eigenvalue weighted by Gasteiger charge is -2.23. The average molecular weight is 435 g/mol. The summed E-state index contributed by atoms with van der Waals surface area (Å²) in [7, 11) is 0. The minimum atomic E-state index is -0.188. The third-order valence-electron chi connectivity index (χ3n) is 4.90. The Labute approximate surface area is 178 Å². The van der Waals surface area contributed by atoms with Crippen molar-refractivity contribution < 1.29 is 9.53 Å². The summed E-state index contributed by atoms with van der Waals surface area (Å²) in [5, 5.41) is 1.50. The van der Waals surface area contributed by atoms with Crippen molar-refractivity contribution in [2.24, 2.45) is 0 Å². The average Bonchev–Trinajstić information content (AvgIpc) is 3.34. The Hall–Kier alpha value is -1.66. The summed E-state index contributed by atoms with van der Waals surface area (Å²) in [6.45, 7) is 3.31. The fourth-order valence-electron chi connectivity index (χ4n) is 3.34. The van der Waals surface area contributed by atoms with Crippen LogP contribution >= 0.6 is 34.5 Å². The lowest BCUT2D eigenvalue weighted by molar-refractivity contribution is 0.0917. The maximum Gasteiger partial charge on any atom is 0.261 e. The Morgan fingerprint density at radius 2 is 2.14 bits per heavy atom. The topological polar surface area (TPSA) is 42.4 Å². The number of halogens is 2. The number of aryl methyl sites for hydroxylation is 1. The van der Waals surface area contributed by atoms with Crippen molar-refractivity contribution in [2.75, 3.05) is 18.1 Å². The molecule has 0 saturated carbocycles. The van der Waals surface area contributed by atoms with Crippen LogP contribution < -0.4 is 4.90 Å². The van der Waals surface area contributed by atoms with Gasteiger partial charge in [-0.15, -0.1) is 0 Å². The van der Waals surface area contributed by atoms with Crippen molar-refractivity contribution in [1.82, 2.24) is 4.98 Å². The first-order valence-electron chi connectivity index (χ1n) is 9.33. The third-order valence-corrected chi connectivity index (χ3v) is 6.49. The molecule has 0 N–H and O–H groups in total. The molecule has 1 unspecified atom stereocenters. The number of fused-ring (bicyclic) bond motifs is 1. The molecule has 3 aromatic rings. The van der Waals surface area contributed by atoms with E-state index in [1.165, 1.54) is 16.9 Å². The van der Waals surface area contributed by atoms with E-state index in [0.717, 1.165) is 36.1 Å². The second kappa shape index (κ2) is 8.37. The summed E-state index contributed by atoms with van der Waals surface area (Å²) in [5.74, 6) is -0.188. The van der Waals surface area contributed by atoms with E-state index >= 15 is 0 Å². The molecule has 1 fully saturated rings. The molecule has 2 aromatic carbocycles. The molecule has 1 amide bonds. The van der Waals surface area contributed by atoms with Crippen LogP contribution in [0.5, 0.6) is 0 Å². The fraction of sp³-hybridized carbons (Fsp3) is 0.333. The number of ether oxygens (including phenoxy) is 1. The molecular formula is C21H20Cl2N2O2S. The number of aromatic nitrogens is 1. The van der Waals surface area contributed by atoms with Gasteiger partial charge in [-0.05, 0) is 55.2 Å². The first-order chi connectivity index (χ1) is 13.5. The van der Waals surface area contributed by atoms with Crippen molar-refractivity contribution >= 4 is 55.8 Å². The lowest BCUT2D eigenvalue weighted by atomic mass is 10.1. The summed E-state index contributed by atoms with van der Waals surface area (Å²) < 4.78 is 6.85. The number of carbonyl (C=O) groups excluding carboxylic acids is 1. The highest BCUT2D eigenvalue weighted by molar-refractivity contribution is 7.22. The number of hydrogen-bond donors (Lipinski definition) is 0. The van der Waals surface area contributed by atoms with Crippen molar-refractivity contribution in [1.29, 1.82) is 0 Å². The van der Waals surface area contributed by atoms with Crippen LogP contribution in [0, 0.1) is 0 Å². The number of nitrogens with zero attached hydrogens (tertiary/aromatic N) is 2. The Morgan fingerprint density at radius 1 is 1.29 bits per heavy atom. The van der Waals surface area contributed by atoms with Crippen molar-refractivity contribution in [2.45, 2.75) is 32.3 Å². The molecule has 1 atom stereocenters. The first-order valence-corrected chi connectivity index (χ1v) is 10.9. The van der Waals surface area contributed by atoms with Gasteiger partial charge in [-0.1, -0.05) is 47.5 Å². The molecule has 4 nitrogen and oxygen atoms in total. The van der Waals surface area contributed by atoms with Gasteiger partial charge in [-0.2, -0.15) is 0 Å². The normalized spacial score (nSPS) is 16.6. The number of hydrogen-bond acceptors (Lipinski definition) is 4. The van der Waals surface area contributed by atoms with Crippen LogP contribution in [0.25, 0.3) is 10.2 Å². The highest BCUT2D eigenvalue weighted by Crippen LogP contribution is 2.33. The van der Waals surface area contributed by atoms with E-state index in [2.05, 4.69) is 19.1 Å². The summed E-state index contributed by atoms with van der Waals surface area (Å²) in [6, 6.07) is 11.2. The molecule has 7 heteroatoms. The maximum atomic E-state index is 13.4. The van der Waals surface area contributed by atoms with Gasteiger partial charge >= 0.3 is 0 Å². The minimum Gasteiger partial charge on any atom is -0.376 e. The molecule has 146 valence electrons. The number of thiazole rings is 1. The van der Waals surface area contributed by atoms with Gasteiger partial charge in [0.25, 0.3) is 5.91 Å². The Balaban J connectivity index is 1.73. The summed E-state index contributed by atoms with van der Waals surface area (Å²) in [6.07, 6.45) is 2.91. The number of rotatable bonds is 5. The minimum absolute atomic E-state index is 0.00763. The van der Waals surface area contributed by atoms with Gasteiger partial charge in [0, 0.05) is 11.6 Å². The van der Waals surface area contributed by atoms with Crippen LogP contribution in [0.2, 0.25) is 10.0 Å². The van der Waals surface area contributed by atoms with Crippen LogP contribution in [-0.4, -0.2) is 30.1 Å². The highest BCUT2D eigenvalue weighted by atomic mass is 35.5. The van der Waals surface area contributed by atoms with Crippen molar-refractivity contribution in [3.63, 3.8) is 0 Å². The molecule has 1 aliphatic heterocycles. The third kappa shape index (κ3) is 4.03. The second-order valence-corrected chi connectivity index (χ2v) is 8.68. The first kappa shape index (κ1) is 19.6. The Bertz CT molecular complexity index is 1010. The fourth-order valence-corrected chi connectivity index (χ4v) is 4.87. The molecule has 0 aliphatic carbocycles. The van der Waals surface area contributed by atoms with Gasteiger partial charge < -0.3 is 4.74 Å². The Kier molecular flexibility index (Phi) is 5.88. The molecular weight excluding hydrogens is 415 g/mol. The van der Waals surface area contributed by atoms with Gasteiger partial charge in [-0.3, -0.25) is 9.69 Å². The smallest absolute Gasteiger partial charge is 0.261 e. The summed E-state index contributed by atoms with van der Waals surface area (Å²) >= 11 is 13.8. The van der Waals surface area contributed by atoms with E-state index < -0.39 is 0 Å². The molecule has 1 aliphatic rings.